The first-order valence-corrected chi connectivity index (χ1v) is 19.5. The third kappa shape index (κ3) is 5.48. The zero-order chi connectivity index (χ0) is 36.3. The van der Waals surface area contributed by atoms with E-state index in [9.17, 15) is 0 Å². The van der Waals surface area contributed by atoms with Crippen molar-refractivity contribution in [3.05, 3.63) is 200 Å². The summed E-state index contributed by atoms with van der Waals surface area (Å²) in [7, 11) is 0. The largest absolute Gasteiger partial charge is 0.456 e. The molecule has 0 aliphatic heterocycles. The molecule has 55 heavy (non-hydrogen) atoms. The number of fused-ring (bicyclic) bond motifs is 7. The van der Waals surface area contributed by atoms with E-state index < -0.39 is 0 Å². The van der Waals surface area contributed by atoms with E-state index in [1.54, 1.807) is 0 Å². The quantitative estimate of drug-likeness (QED) is 0.170. The second kappa shape index (κ2) is 12.9. The fourth-order valence-corrected chi connectivity index (χ4v) is 9.24. The molecule has 2 aromatic heterocycles. The SMILES string of the molecule is c1cc(-c2ccc3ccccc3c2)cc(N(c2cccc(-c3ccc4sc5ccccc5c4c3)c2)c2ccccc2-c2ccc3c(c2)oc2ccccc23)c1. The van der Waals surface area contributed by atoms with E-state index in [2.05, 4.69) is 193 Å². The molecule has 3 heteroatoms. The van der Waals surface area contributed by atoms with E-state index in [0.29, 0.717) is 0 Å². The number of rotatable bonds is 6. The van der Waals surface area contributed by atoms with Crippen LogP contribution in [0.4, 0.5) is 17.1 Å². The fraction of sp³-hybridized carbons (Fsp3) is 0. The molecule has 0 fully saturated rings. The van der Waals surface area contributed by atoms with Gasteiger partial charge >= 0.3 is 0 Å². The van der Waals surface area contributed by atoms with Gasteiger partial charge in [0.05, 0.1) is 5.69 Å². The first kappa shape index (κ1) is 31.6. The topological polar surface area (TPSA) is 16.4 Å². The smallest absolute Gasteiger partial charge is 0.136 e. The minimum Gasteiger partial charge on any atom is -0.456 e. The van der Waals surface area contributed by atoms with Gasteiger partial charge in [0.15, 0.2) is 0 Å². The second-order valence-electron chi connectivity index (χ2n) is 14.1. The van der Waals surface area contributed by atoms with E-state index in [1.165, 1.54) is 53.2 Å². The lowest BCUT2D eigenvalue weighted by molar-refractivity contribution is 0.669. The van der Waals surface area contributed by atoms with Gasteiger partial charge in [0, 0.05) is 47.9 Å². The Kier molecular flexibility index (Phi) is 7.39. The van der Waals surface area contributed by atoms with Gasteiger partial charge in [-0.1, -0.05) is 127 Å². The molecular formula is C52H33NOS. The lowest BCUT2D eigenvalue weighted by Gasteiger charge is -2.29. The summed E-state index contributed by atoms with van der Waals surface area (Å²) >= 11 is 1.85. The molecule has 0 bridgehead atoms. The van der Waals surface area contributed by atoms with Crippen molar-refractivity contribution in [1.29, 1.82) is 0 Å². The molecule has 258 valence electrons. The summed E-state index contributed by atoms with van der Waals surface area (Å²) in [5, 5.41) is 7.34. The Morgan fingerprint density at radius 3 is 1.82 bits per heavy atom. The molecule has 0 amide bonds. The van der Waals surface area contributed by atoms with Crippen molar-refractivity contribution in [1.82, 2.24) is 0 Å². The van der Waals surface area contributed by atoms with Gasteiger partial charge in [-0.15, -0.1) is 11.3 Å². The zero-order valence-electron chi connectivity index (χ0n) is 29.8. The average molecular weight is 720 g/mol. The molecule has 2 heterocycles. The fourth-order valence-electron chi connectivity index (χ4n) is 8.16. The minimum atomic E-state index is 0.886. The van der Waals surface area contributed by atoms with E-state index in [0.717, 1.165) is 50.1 Å². The van der Waals surface area contributed by atoms with Crippen LogP contribution in [0.1, 0.15) is 0 Å². The van der Waals surface area contributed by atoms with Crippen molar-refractivity contribution < 1.29 is 4.42 Å². The highest BCUT2D eigenvalue weighted by molar-refractivity contribution is 7.25. The Morgan fingerprint density at radius 1 is 0.345 bits per heavy atom. The number of hydrogen-bond donors (Lipinski definition) is 0. The average Bonchev–Trinajstić information content (AvgIpc) is 3.82. The second-order valence-corrected chi connectivity index (χ2v) is 15.2. The molecular weight excluding hydrogens is 687 g/mol. The Labute approximate surface area is 322 Å². The van der Waals surface area contributed by atoms with Crippen molar-refractivity contribution in [2.45, 2.75) is 0 Å². The molecule has 11 aromatic rings. The van der Waals surface area contributed by atoms with Gasteiger partial charge in [0.1, 0.15) is 11.2 Å². The molecule has 0 saturated heterocycles. The summed E-state index contributed by atoms with van der Waals surface area (Å²) in [6.07, 6.45) is 0. The van der Waals surface area contributed by atoms with Crippen LogP contribution in [0.2, 0.25) is 0 Å². The molecule has 0 radical (unpaired) electrons. The molecule has 2 nitrogen and oxygen atoms in total. The van der Waals surface area contributed by atoms with Gasteiger partial charge < -0.3 is 9.32 Å². The minimum absolute atomic E-state index is 0.886. The zero-order valence-corrected chi connectivity index (χ0v) is 30.6. The van der Waals surface area contributed by atoms with Crippen LogP contribution in [0.5, 0.6) is 0 Å². The van der Waals surface area contributed by atoms with Crippen LogP contribution in [0.25, 0.3) is 86.3 Å². The van der Waals surface area contributed by atoms with Crippen LogP contribution in [-0.2, 0) is 0 Å². The third-order valence-corrected chi connectivity index (χ3v) is 12.0. The molecule has 0 saturated carbocycles. The van der Waals surface area contributed by atoms with Gasteiger partial charge in [-0.3, -0.25) is 0 Å². The van der Waals surface area contributed by atoms with Gasteiger partial charge in [-0.25, -0.2) is 0 Å². The van der Waals surface area contributed by atoms with Gasteiger partial charge in [0.25, 0.3) is 0 Å². The molecule has 0 atom stereocenters. The van der Waals surface area contributed by atoms with Gasteiger partial charge in [0.2, 0.25) is 0 Å². The number of hydrogen-bond acceptors (Lipinski definition) is 3. The summed E-state index contributed by atoms with van der Waals surface area (Å²) < 4.78 is 9.01. The molecule has 0 aliphatic carbocycles. The van der Waals surface area contributed by atoms with Crippen molar-refractivity contribution in [3.8, 4) is 33.4 Å². The predicted octanol–water partition coefficient (Wildman–Crippen LogP) is 15.6. The Hall–Kier alpha value is -6.94. The van der Waals surface area contributed by atoms with E-state index in [-0.39, 0.29) is 0 Å². The highest BCUT2D eigenvalue weighted by atomic mass is 32.1. The molecule has 0 aliphatic rings. The Morgan fingerprint density at radius 2 is 0.964 bits per heavy atom. The van der Waals surface area contributed by atoms with Crippen LogP contribution in [0.15, 0.2) is 205 Å². The van der Waals surface area contributed by atoms with Crippen LogP contribution in [0, 0.1) is 0 Å². The van der Waals surface area contributed by atoms with Gasteiger partial charge in [-0.05, 0) is 111 Å². The van der Waals surface area contributed by atoms with Crippen molar-refractivity contribution in [2.24, 2.45) is 0 Å². The first-order valence-electron chi connectivity index (χ1n) is 18.7. The number of nitrogens with zero attached hydrogens (tertiary/aromatic N) is 1. The summed E-state index contributed by atoms with van der Waals surface area (Å²) in [6.45, 7) is 0. The highest BCUT2D eigenvalue weighted by Crippen LogP contribution is 2.44. The van der Waals surface area contributed by atoms with Crippen molar-refractivity contribution >= 4 is 81.3 Å². The maximum Gasteiger partial charge on any atom is 0.136 e. The van der Waals surface area contributed by atoms with Crippen LogP contribution in [0.3, 0.4) is 0 Å². The van der Waals surface area contributed by atoms with Crippen molar-refractivity contribution in [3.63, 3.8) is 0 Å². The number of furan rings is 1. The monoisotopic (exact) mass is 719 g/mol. The number of para-hydroxylation sites is 2. The summed E-state index contributed by atoms with van der Waals surface area (Å²) in [4.78, 5) is 2.41. The van der Waals surface area contributed by atoms with Crippen LogP contribution < -0.4 is 4.90 Å². The number of benzene rings is 9. The lowest BCUT2D eigenvalue weighted by Crippen LogP contribution is -2.11. The first-order chi connectivity index (χ1) is 27.2. The van der Waals surface area contributed by atoms with Gasteiger partial charge in [-0.2, -0.15) is 0 Å². The summed E-state index contributed by atoms with van der Waals surface area (Å²) in [5.41, 5.74) is 12.0. The maximum absolute atomic E-state index is 6.38. The number of thiophene rings is 1. The molecule has 0 unspecified atom stereocenters. The summed E-state index contributed by atoms with van der Waals surface area (Å²) in [6, 6.07) is 72.4. The maximum atomic E-state index is 6.38. The normalized spacial score (nSPS) is 11.6. The molecule has 0 spiro atoms. The standard InChI is InChI=1S/C52H33NOS/c1-2-12-35-29-38(24-23-34(35)11-1)36-13-9-15-41(30-36)53(42-16-10-14-37(31-42)39-26-28-52-47(32-39)46-19-5-8-22-51(46)55-52)48-20-6-3-17-43(48)40-25-27-45-44-18-4-7-21-49(44)54-50(45)33-40/h1-33H. The molecule has 11 rings (SSSR count). The Balaban J connectivity index is 1.09. The third-order valence-electron chi connectivity index (χ3n) is 10.8. The van der Waals surface area contributed by atoms with Crippen LogP contribution in [-0.4, -0.2) is 0 Å². The van der Waals surface area contributed by atoms with Crippen LogP contribution >= 0.6 is 11.3 Å². The predicted molar refractivity (Wildman–Crippen MR) is 235 cm³/mol. The van der Waals surface area contributed by atoms with Crippen molar-refractivity contribution in [2.75, 3.05) is 4.90 Å². The Bertz CT molecular complexity index is 3240. The van der Waals surface area contributed by atoms with E-state index in [4.69, 9.17) is 4.42 Å². The van der Waals surface area contributed by atoms with E-state index >= 15 is 0 Å². The summed E-state index contributed by atoms with van der Waals surface area (Å²) in [5.74, 6) is 0. The molecule has 9 aromatic carbocycles. The number of anilines is 3. The molecule has 0 N–H and O–H groups in total. The highest BCUT2D eigenvalue weighted by Gasteiger charge is 2.20. The lowest BCUT2D eigenvalue weighted by atomic mass is 9.98. The van der Waals surface area contributed by atoms with E-state index in [1.807, 2.05) is 23.5 Å².